The van der Waals surface area contributed by atoms with Gasteiger partial charge in [-0.05, 0) is 24.0 Å². The predicted molar refractivity (Wildman–Crippen MR) is 86.5 cm³/mol. The van der Waals surface area contributed by atoms with E-state index in [0.29, 0.717) is 0 Å². The van der Waals surface area contributed by atoms with Crippen LogP contribution < -0.4 is 0 Å². The van der Waals surface area contributed by atoms with Gasteiger partial charge in [-0.3, -0.25) is 0 Å². The Balaban J connectivity index is 2.30. The molecule has 2 aromatic rings. The summed E-state index contributed by atoms with van der Waals surface area (Å²) in [6.07, 6.45) is 1.75. The number of hydrogen-bond donors (Lipinski definition) is 0. The van der Waals surface area contributed by atoms with Gasteiger partial charge in [-0.25, -0.2) is 0 Å². The molecular weight excluding hydrogens is 244 g/mol. The molecule has 0 saturated heterocycles. The van der Waals surface area contributed by atoms with Crippen molar-refractivity contribution in [1.29, 1.82) is 0 Å². The molecular formula is C18H20N2. The third-order valence-corrected chi connectivity index (χ3v) is 3.18. The van der Waals surface area contributed by atoms with E-state index < -0.39 is 0 Å². The molecule has 0 aliphatic heterocycles. The fourth-order valence-electron chi connectivity index (χ4n) is 2.05. The molecule has 102 valence electrons. The second-order valence-corrected chi connectivity index (χ2v) is 4.53. The summed E-state index contributed by atoms with van der Waals surface area (Å²) in [7, 11) is 0. The van der Waals surface area contributed by atoms with Crippen molar-refractivity contribution in [1.82, 2.24) is 0 Å². The molecule has 0 radical (unpaired) electrons. The Morgan fingerprint density at radius 3 is 1.30 bits per heavy atom. The summed E-state index contributed by atoms with van der Waals surface area (Å²) < 4.78 is 0. The van der Waals surface area contributed by atoms with Crippen molar-refractivity contribution in [2.24, 2.45) is 10.2 Å². The van der Waals surface area contributed by atoms with Gasteiger partial charge in [-0.1, -0.05) is 74.5 Å². The Hall–Kier alpha value is -2.22. The molecule has 2 aromatic carbocycles. The van der Waals surface area contributed by atoms with Crippen LogP contribution in [0.1, 0.15) is 37.8 Å². The molecule has 0 aliphatic rings. The van der Waals surface area contributed by atoms with E-state index >= 15 is 0 Å². The topological polar surface area (TPSA) is 24.7 Å². The van der Waals surface area contributed by atoms with Gasteiger partial charge in [0.2, 0.25) is 0 Å². The number of hydrogen-bond acceptors (Lipinski definition) is 2. The molecule has 0 atom stereocenters. The summed E-state index contributed by atoms with van der Waals surface area (Å²) in [6.45, 7) is 4.21. The van der Waals surface area contributed by atoms with E-state index in [0.717, 1.165) is 35.4 Å². The second kappa shape index (κ2) is 7.39. The zero-order chi connectivity index (χ0) is 14.2. The van der Waals surface area contributed by atoms with Crippen LogP contribution in [0.15, 0.2) is 70.9 Å². The van der Waals surface area contributed by atoms with Crippen molar-refractivity contribution in [3.8, 4) is 0 Å². The minimum Gasteiger partial charge on any atom is -0.155 e. The molecule has 0 N–H and O–H groups in total. The monoisotopic (exact) mass is 264 g/mol. The molecule has 0 spiro atoms. The molecule has 0 unspecified atom stereocenters. The van der Waals surface area contributed by atoms with E-state index in [1.54, 1.807) is 0 Å². The van der Waals surface area contributed by atoms with Gasteiger partial charge < -0.3 is 0 Å². The molecule has 0 bridgehead atoms. The summed E-state index contributed by atoms with van der Waals surface area (Å²) in [6, 6.07) is 20.5. The number of rotatable bonds is 5. The average molecular weight is 264 g/mol. The molecule has 0 fully saturated rings. The van der Waals surface area contributed by atoms with Crippen molar-refractivity contribution < 1.29 is 0 Å². The van der Waals surface area contributed by atoms with Crippen molar-refractivity contribution in [3.63, 3.8) is 0 Å². The van der Waals surface area contributed by atoms with Crippen molar-refractivity contribution in [3.05, 3.63) is 71.8 Å². The van der Waals surface area contributed by atoms with Crippen LogP contribution in [0.3, 0.4) is 0 Å². The van der Waals surface area contributed by atoms with Gasteiger partial charge >= 0.3 is 0 Å². The zero-order valence-electron chi connectivity index (χ0n) is 12.1. The first-order valence-corrected chi connectivity index (χ1v) is 7.09. The third kappa shape index (κ3) is 3.64. The lowest BCUT2D eigenvalue weighted by Gasteiger charge is -2.04. The SMILES string of the molecule is CC/C(=N\N=C(/CC)c1ccccc1)c1ccccc1. The number of nitrogens with zero attached hydrogens (tertiary/aromatic N) is 2. The fraction of sp³-hybridized carbons (Fsp3) is 0.222. The van der Waals surface area contributed by atoms with E-state index in [1.165, 1.54) is 0 Å². The van der Waals surface area contributed by atoms with Gasteiger partial charge in [-0.2, -0.15) is 10.2 Å². The first-order chi connectivity index (χ1) is 9.85. The maximum absolute atomic E-state index is 4.46. The van der Waals surface area contributed by atoms with E-state index in [9.17, 15) is 0 Å². The molecule has 2 rings (SSSR count). The molecule has 20 heavy (non-hydrogen) atoms. The molecule has 0 aromatic heterocycles. The van der Waals surface area contributed by atoms with Gasteiger partial charge in [0.25, 0.3) is 0 Å². The van der Waals surface area contributed by atoms with Crippen molar-refractivity contribution in [2.45, 2.75) is 26.7 Å². The molecule has 0 aliphatic carbocycles. The Morgan fingerprint density at radius 1 is 0.650 bits per heavy atom. The van der Waals surface area contributed by atoms with Crippen molar-refractivity contribution in [2.75, 3.05) is 0 Å². The number of benzene rings is 2. The highest BCUT2D eigenvalue weighted by molar-refractivity contribution is 6.03. The van der Waals surface area contributed by atoms with E-state index in [4.69, 9.17) is 0 Å². The molecule has 0 heterocycles. The first kappa shape index (κ1) is 14.2. The fourth-order valence-corrected chi connectivity index (χ4v) is 2.05. The van der Waals surface area contributed by atoms with Crippen LogP contribution in [0.25, 0.3) is 0 Å². The predicted octanol–water partition coefficient (Wildman–Crippen LogP) is 4.70. The van der Waals surface area contributed by atoms with Crippen LogP contribution in [0.4, 0.5) is 0 Å². The maximum Gasteiger partial charge on any atom is 0.0700 e. The summed E-state index contributed by atoms with van der Waals surface area (Å²) in [5, 5.41) is 8.93. The van der Waals surface area contributed by atoms with Crippen LogP contribution in [0, 0.1) is 0 Å². The van der Waals surface area contributed by atoms with Crippen LogP contribution in [0.2, 0.25) is 0 Å². The van der Waals surface area contributed by atoms with Gasteiger partial charge in [-0.15, -0.1) is 0 Å². The Labute approximate surface area is 120 Å². The molecule has 0 amide bonds. The lowest BCUT2D eigenvalue weighted by Crippen LogP contribution is -2.01. The summed E-state index contributed by atoms with van der Waals surface area (Å²) in [5.41, 5.74) is 4.32. The summed E-state index contributed by atoms with van der Waals surface area (Å²) in [5.74, 6) is 0. The average Bonchev–Trinajstić information content (AvgIpc) is 2.53. The quantitative estimate of drug-likeness (QED) is 0.552. The highest BCUT2D eigenvalue weighted by atomic mass is 15.2. The van der Waals surface area contributed by atoms with Crippen LogP contribution in [0.5, 0.6) is 0 Å². The molecule has 0 saturated carbocycles. The maximum atomic E-state index is 4.46. The van der Waals surface area contributed by atoms with E-state index in [2.05, 4.69) is 48.3 Å². The van der Waals surface area contributed by atoms with Crippen molar-refractivity contribution >= 4 is 11.4 Å². The van der Waals surface area contributed by atoms with Crippen LogP contribution in [-0.2, 0) is 0 Å². The van der Waals surface area contributed by atoms with Gasteiger partial charge in [0.15, 0.2) is 0 Å². The summed E-state index contributed by atoms with van der Waals surface area (Å²) >= 11 is 0. The minimum atomic E-state index is 0.874. The van der Waals surface area contributed by atoms with Crippen LogP contribution in [-0.4, -0.2) is 11.4 Å². The molecule has 2 heteroatoms. The van der Waals surface area contributed by atoms with Gasteiger partial charge in [0, 0.05) is 0 Å². The van der Waals surface area contributed by atoms with E-state index in [1.807, 2.05) is 36.4 Å². The highest BCUT2D eigenvalue weighted by Gasteiger charge is 2.02. The van der Waals surface area contributed by atoms with E-state index in [-0.39, 0.29) is 0 Å². The Morgan fingerprint density at radius 2 is 1.00 bits per heavy atom. The summed E-state index contributed by atoms with van der Waals surface area (Å²) in [4.78, 5) is 0. The first-order valence-electron chi connectivity index (χ1n) is 7.09. The van der Waals surface area contributed by atoms with Gasteiger partial charge in [0.1, 0.15) is 0 Å². The third-order valence-electron chi connectivity index (χ3n) is 3.18. The zero-order valence-corrected chi connectivity index (χ0v) is 12.1. The van der Waals surface area contributed by atoms with Crippen LogP contribution >= 0.6 is 0 Å². The minimum absolute atomic E-state index is 0.874. The lowest BCUT2D eigenvalue weighted by molar-refractivity contribution is 1.13. The van der Waals surface area contributed by atoms with Gasteiger partial charge in [0.05, 0.1) is 11.4 Å². The standard InChI is InChI=1S/C18H20N2/c1-3-17(15-11-7-5-8-12-15)19-20-18(4-2)16-13-9-6-10-14-16/h5-14H,3-4H2,1-2H3/b19-17+,20-18+. The molecule has 2 nitrogen and oxygen atoms in total. The lowest BCUT2D eigenvalue weighted by atomic mass is 10.1. The second-order valence-electron chi connectivity index (χ2n) is 4.53. The normalized spacial score (nSPS) is 12.5. The Kier molecular flexibility index (Phi) is 5.24. The largest absolute Gasteiger partial charge is 0.155 e. The Bertz CT molecular complexity index is 528. The highest BCUT2D eigenvalue weighted by Crippen LogP contribution is 2.08. The smallest absolute Gasteiger partial charge is 0.0700 e.